The van der Waals surface area contributed by atoms with Crippen LogP contribution in [0, 0.1) is 24.0 Å². The number of rotatable bonds is 4. The molecule has 1 heterocycles. The van der Waals surface area contributed by atoms with Crippen molar-refractivity contribution in [2.24, 2.45) is 5.41 Å². The molecular formula is C22H24F2N2O2. The summed E-state index contributed by atoms with van der Waals surface area (Å²) in [6.07, 6.45) is 1.20. The van der Waals surface area contributed by atoms with Gasteiger partial charge in [-0.1, -0.05) is 30.3 Å². The first kappa shape index (κ1) is 20.0. The van der Waals surface area contributed by atoms with Crippen molar-refractivity contribution in [3.63, 3.8) is 0 Å². The molecule has 2 aromatic carbocycles. The largest absolute Gasteiger partial charge is 0.351 e. The van der Waals surface area contributed by atoms with E-state index in [0.29, 0.717) is 25.9 Å². The van der Waals surface area contributed by atoms with Crippen molar-refractivity contribution in [1.29, 1.82) is 0 Å². The Balaban J connectivity index is 1.71. The minimum atomic E-state index is -0.888. The minimum Gasteiger partial charge on any atom is -0.351 e. The lowest BCUT2D eigenvalue weighted by Crippen LogP contribution is -2.52. The van der Waals surface area contributed by atoms with Crippen LogP contribution in [0.1, 0.15) is 41.3 Å². The van der Waals surface area contributed by atoms with Gasteiger partial charge in [-0.3, -0.25) is 9.59 Å². The predicted molar refractivity (Wildman–Crippen MR) is 103 cm³/mol. The molecule has 0 aromatic heterocycles. The first-order chi connectivity index (χ1) is 13.3. The number of halogens is 2. The molecule has 1 saturated heterocycles. The Morgan fingerprint density at radius 3 is 2.46 bits per heavy atom. The number of nitrogens with zero attached hydrogens (tertiary/aromatic N) is 1. The van der Waals surface area contributed by atoms with Crippen LogP contribution in [0.25, 0.3) is 0 Å². The molecule has 0 aliphatic carbocycles. The molecule has 1 fully saturated rings. The smallest absolute Gasteiger partial charge is 0.259 e. The molecule has 3 rings (SSSR count). The molecule has 1 N–H and O–H groups in total. The summed E-state index contributed by atoms with van der Waals surface area (Å²) in [4.78, 5) is 26.9. The Labute approximate surface area is 163 Å². The Morgan fingerprint density at radius 2 is 1.79 bits per heavy atom. The van der Waals surface area contributed by atoms with Crippen LogP contribution >= 0.6 is 0 Å². The van der Waals surface area contributed by atoms with E-state index in [1.54, 1.807) is 6.92 Å². The average molecular weight is 386 g/mol. The zero-order chi connectivity index (χ0) is 20.3. The maximum Gasteiger partial charge on any atom is 0.259 e. The van der Waals surface area contributed by atoms with E-state index in [0.717, 1.165) is 23.3 Å². The van der Waals surface area contributed by atoms with Crippen LogP contribution in [-0.2, 0) is 11.3 Å². The Hall–Kier alpha value is -2.76. The van der Waals surface area contributed by atoms with Crippen molar-refractivity contribution in [2.75, 3.05) is 13.1 Å². The third kappa shape index (κ3) is 4.06. The van der Waals surface area contributed by atoms with E-state index in [1.165, 1.54) is 11.0 Å². The lowest BCUT2D eigenvalue weighted by molar-refractivity contribution is -0.132. The number of amides is 2. The van der Waals surface area contributed by atoms with Gasteiger partial charge < -0.3 is 10.2 Å². The highest BCUT2D eigenvalue weighted by molar-refractivity contribution is 5.95. The van der Waals surface area contributed by atoms with Crippen LogP contribution in [0.4, 0.5) is 8.78 Å². The van der Waals surface area contributed by atoms with Crippen LogP contribution < -0.4 is 5.32 Å². The summed E-state index contributed by atoms with van der Waals surface area (Å²) in [6, 6.07) is 11.1. The summed E-state index contributed by atoms with van der Waals surface area (Å²) in [5, 5.41) is 2.95. The molecule has 2 amide bonds. The number of hydrogen-bond donors (Lipinski definition) is 1. The van der Waals surface area contributed by atoms with Gasteiger partial charge in [0.1, 0.15) is 17.2 Å². The van der Waals surface area contributed by atoms with Crippen LogP contribution in [-0.4, -0.2) is 29.8 Å². The van der Waals surface area contributed by atoms with Crippen LogP contribution in [0.3, 0.4) is 0 Å². The van der Waals surface area contributed by atoms with Crippen molar-refractivity contribution < 1.29 is 18.4 Å². The second-order valence-electron chi connectivity index (χ2n) is 7.60. The summed E-state index contributed by atoms with van der Waals surface area (Å²) < 4.78 is 28.0. The third-order valence-electron chi connectivity index (χ3n) is 5.41. The highest BCUT2D eigenvalue weighted by Gasteiger charge is 2.40. The van der Waals surface area contributed by atoms with E-state index in [-0.39, 0.29) is 12.5 Å². The van der Waals surface area contributed by atoms with Crippen LogP contribution in [0.2, 0.25) is 0 Å². The van der Waals surface area contributed by atoms with Crippen molar-refractivity contribution in [1.82, 2.24) is 10.2 Å². The quantitative estimate of drug-likeness (QED) is 0.868. The van der Waals surface area contributed by atoms with Gasteiger partial charge in [-0.15, -0.1) is 0 Å². The molecular weight excluding hydrogens is 362 g/mol. The van der Waals surface area contributed by atoms with Gasteiger partial charge in [-0.05, 0) is 49.9 Å². The molecule has 1 unspecified atom stereocenters. The number of aryl methyl sites for hydroxylation is 1. The van der Waals surface area contributed by atoms with Gasteiger partial charge in [-0.25, -0.2) is 8.78 Å². The number of likely N-dealkylation sites (tertiary alicyclic amines) is 1. The van der Waals surface area contributed by atoms with Gasteiger partial charge >= 0.3 is 0 Å². The maximum absolute atomic E-state index is 14.0. The lowest BCUT2D eigenvalue weighted by atomic mass is 9.80. The van der Waals surface area contributed by atoms with Gasteiger partial charge in [0, 0.05) is 19.6 Å². The molecule has 1 atom stereocenters. The number of benzene rings is 2. The van der Waals surface area contributed by atoms with E-state index < -0.39 is 28.5 Å². The van der Waals surface area contributed by atoms with Gasteiger partial charge in [0.25, 0.3) is 5.91 Å². The lowest BCUT2D eigenvalue weighted by Gasteiger charge is -2.39. The second kappa shape index (κ2) is 8.09. The van der Waals surface area contributed by atoms with E-state index in [4.69, 9.17) is 0 Å². The number of carbonyl (C=O) groups excluding carboxylic acids is 2. The first-order valence-electron chi connectivity index (χ1n) is 9.38. The molecule has 0 radical (unpaired) electrons. The second-order valence-corrected chi connectivity index (χ2v) is 7.60. The van der Waals surface area contributed by atoms with E-state index in [9.17, 15) is 18.4 Å². The summed E-state index contributed by atoms with van der Waals surface area (Å²) in [5.41, 5.74) is 0.741. The molecule has 1 aliphatic rings. The fourth-order valence-electron chi connectivity index (χ4n) is 3.66. The SMILES string of the molecule is Cc1ccccc1CNC(=O)C1(C)CCCN(C(=O)c2c(F)cccc2F)C1. The molecule has 0 bridgehead atoms. The first-order valence-corrected chi connectivity index (χ1v) is 9.38. The molecule has 2 aromatic rings. The number of piperidine rings is 1. The Bertz CT molecular complexity index is 880. The van der Waals surface area contributed by atoms with E-state index in [2.05, 4.69) is 5.32 Å². The fraction of sp³-hybridized carbons (Fsp3) is 0.364. The Kier molecular flexibility index (Phi) is 5.77. The molecule has 1 aliphatic heterocycles. The molecule has 28 heavy (non-hydrogen) atoms. The van der Waals surface area contributed by atoms with Crippen molar-refractivity contribution >= 4 is 11.8 Å². The van der Waals surface area contributed by atoms with Crippen molar-refractivity contribution in [3.8, 4) is 0 Å². The normalized spacial score (nSPS) is 19.4. The van der Waals surface area contributed by atoms with Gasteiger partial charge in [0.2, 0.25) is 5.91 Å². The fourth-order valence-corrected chi connectivity index (χ4v) is 3.66. The topological polar surface area (TPSA) is 49.4 Å². The summed E-state index contributed by atoms with van der Waals surface area (Å²) in [5.74, 6) is -2.65. The van der Waals surface area contributed by atoms with Crippen LogP contribution in [0.5, 0.6) is 0 Å². The summed E-state index contributed by atoms with van der Waals surface area (Å²) >= 11 is 0. The monoisotopic (exact) mass is 386 g/mol. The summed E-state index contributed by atoms with van der Waals surface area (Å²) in [7, 11) is 0. The number of hydrogen-bond acceptors (Lipinski definition) is 2. The summed E-state index contributed by atoms with van der Waals surface area (Å²) in [6.45, 7) is 4.66. The average Bonchev–Trinajstić information content (AvgIpc) is 2.67. The molecule has 0 spiro atoms. The predicted octanol–water partition coefficient (Wildman–Crippen LogP) is 3.83. The molecule has 0 saturated carbocycles. The third-order valence-corrected chi connectivity index (χ3v) is 5.41. The van der Waals surface area contributed by atoms with E-state index >= 15 is 0 Å². The Morgan fingerprint density at radius 1 is 1.11 bits per heavy atom. The minimum absolute atomic E-state index is 0.124. The molecule has 148 valence electrons. The van der Waals surface area contributed by atoms with Gasteiger partial charge in [-0.2, -0.15) is 0 Å². The number of carbonyl (C=O) groups is 2. The van der Waals surface area contributed by atoms with Gasteiger partial charge in [0.05, 0.1) is 5.41 Å². The maximum atomic E-state index is 14.0. The van der Waals surface area contributed by atoms with Crippen LogP contribution in [0.15, 0.2) is 42.5 Å². The highest BCUT2D eigenvalue weighted by atomic mass is 19.1. The zero-order valence-electron chi connectivity index (χ0n) is 16.1. The van der Waals surface area contributed by atoms with Crippen molar-refractivity contribution in [2.45, 2.75) is 33.2 Å². The molecule has 4 nitrogen and oxygen atoms in total. The highest BCUT2D eigenvalue weighted by Crippen LogP contribution is 2.31. The van der Waals surface area contributed by atoms with E-state index in [1.807, 2.05) is 31.2 Å². The standard InChI is InChI=1S/C22H24F2N2O2/c1-15-7-3-4-8-16(15)13-25-21(28)22(2)11-6-12-26(14-22)20(27)19-17(23)9-5-10-18(19)24/h3-5,7-10H,6,11-14H2,1-2H3,(H,25,28). The molecule has 6 heteroatoms. The van der Waals surface area contributed by atoms with Crippen molar-refractivity contribution in [3.05, 3.63) is 70.8 Å². The number of nitrogens with one attached hydrogen (secondary N) is 1. The van der Waals surface area contributed by atoms with Gasteiger partial charge in [0.15, 0.2) is 0 Å². The zero-order valence-corrected chi connectivity index (χ0v) is 16.1.